The highest BCUT2D eigenvalue weighted by molar-refractivity contribution is 7.13. The number of hydrogen-bond acceptors (Lipinski definition) is 6. The Kier molecular flexibility index (Phi) is 4.88. The van der Waals surface area contributed by atoms with Crippen molar-refractivity contribution in [3.8, 4) is 10.6 Å². The topological polar surface area (TPSA) is 71.0 Å². The van der Waals surface area contributed by atoms with Gasteiger partial charge in [0.25, 0.3) is 5.91 Å². The first kappa shape index (κ1) is 16.7. The van der Waals surface area contributed by atoms with E-state index in [0.717, 1.165) is 42.2 Å². The summed E-state index contributed by atoms with van der Waals surface area (Å²) in [4.78, 5) is 27.5. The maximum Gasteiger partial charge on any atom is 0.274 e. The summed E-state index contributed by atoms with van der Waals surface area (Å²) in [7, 11) is 0. The number of carbonyl (C=O) groups is 1. The van der Waals surface area contributed by atoms with Crippen molar-refractivity contribution in [3.05, 3.63) is 59.5 Å². The number of benzene rings is 1. The number of anilines is 1. The van der Waals surface area contributed by atoms with Gasteiger partial charge in [-0.3, -0.25) is 9.78 Å². The second-order valence-corrected chi connectivity index (χ2v) is 7.01. The summed E-state index contributed by atoms with van der Waals surface area (Å²) in [5, 5.41) is 6.23. The molecule has 1 amide bonds. The van der Waals surface area contributed by atoms with Gasteiger partial charge in [-0.15, -0.1) is 11.3 Å². The smallest absolute Gasteiger partial charge is 0.274 e. The minimum atomic E-state index is -0.0429. The third kappa shape index (κ3) is 3.72. The van der Waals surface area contributed by atoms with Crippen molar-refractivity contribution < 1.29 is 4.79 Å². The number of likely N-dealkylation sites (tertiary alicyclic amines) is 1. The lowest BCUT2D eigenvalue weighted by Gasteiger charge is -2.14. The van der Waals surface area contributed by atoms with Gasteiger partial charge in [0.1, 0.15) is 16.5 Å². The van der Waals surface area contributed by atoms with E-state index >= 15 is 0 Å². The summed E-state index contributed by atoms with van der Waals surface area (Å²) in [5.41, 5.74) is 2.44. The average molecular weight is 365 g/mol. The zero-order valence-electron chi connectivity index (χ0n) is 14.3. The highest BCUT2D eigenvalue weighted by Crippen LogP contribution is 2.23. The van der Waals surface area contributed by atoms with Gasteiger partial charge in [-0.1, -0.05) is 30.3 Å². The van der Waals surface area contributed by atoms with Gasteiger partial charge in [0.05, 0.1) is 24.6 Å². The molecule has 3 aromatic rings. The molecule has 1 fully saturated rings. The SMILES string of the molecule is O=C(c1cncc(NCc2csc(-c3ccccc3)n2)n1)N1CCCC1. The number of hydrogen-bond donors (Lipinski definition) is 1. The molecule has 0 spiro atoms. The van der Waals surface area contributed by atoms with Crippen LogP contribution in [0.4, 0.5) is 5.82 Å². The maximum atomic E-state index is 12.4. The highest BCUT2D eigenvalue weighted by Gasteiger charge is 2.21. The average Bonchev–Trinajstić information content (AvgIpc) is 3.39. The molecular formula is C19H19N5OS. The van der Waals surface area contributed by atoms with Crippen molar-refractivity contribution in [3.63, 3.8) is 0 Å². The molecule has 0 saturated carbocycles. The molecule has 26 heavy (non-hydrogen) atoms. The minimum absolute atomic E-state index is 0.0429. The van der Waals surface area contributed by atoms with Crippen LogP contribution in [-0.2, 0) is 6.54 Å². The fourth-order valence-corrected chi connectivity index (χ4v) is 3.74. The van der Waals surface area contributed by atoms with Crippen LogP contribution in [0, 0.1) is 0 Å². The molecule has 0 radical (unpaired) electrons. The lowest BCUT2D eigenvalue weighted by Crippen LogP contribution is -2.28. The zero-order valence-corrected chi connectivity index (χ0v) is 15.1. The first-order chi connectivity index (χ1) is 12.8. The third-order valence-corrected chi connectivity index (χ3v) is 5.21. The molecule has 7 heteroatoms. The molecule has 0 unspecified atom stereocenters. The van der Waals surface area contributed by atoms with Crippen molar-refractivity contribution >= 4 is 23.1 Å². The molecule has 4 rings (SSSR count). The van der Waals surface area contributed by atoms with E-state index in [0.29, 0.717) is 18.1 Å². The molecule has 0 aliphatic carbocycles. The van der Waals surface area contributed by atoms with Crippen molar-refractivity contribution in [2.24, 2.45) is 0 Å². The molecule has 3 heterocycles. The van der Waals surface area contributed by atoms with E-state index in [9.17, 15) is 4.79 Å². The number of aromatic nitrogens is 3. The lowest BCUT2D eigenvalue weighted by atomic mass is 10.2. The second-order valence-electron chi connectivity index (χ2n) is 6.15. The summed E-state index contributed by atoms with van der Waals surface area (Å²) >= 11 is 1.61. The van der Waals surface area contributed by atoms with E-state index in [1.807, 2.05) is 28.5 Å². The fraction of sp³-hybridized carbons (Fsp3) is 0.263. The molecule has 1 saturated heterocycles. The lowest BCUT2D eigenvalue weighted by molar-refractivity contribution is 0.0786. The standard InChI is InChI=1S/C19H19N5OS/c25-19(24-8-4-5-9-24)16-11-20-12-17(23-16)21-10-15-13-26-18(22-15)14-6-2-1-3-7-14/h1-3,6-7,11-13H,4-5,8-10H2,(H,21,23). The third-order valence-electron chi connectivity index (χ3n) is 4.27. The van der Waals surface area contributed by atoms with Gasteiger partial charge >= 0.3 is 0 Å². The Morgan fingerprint density at radius 1 is 1.12 bits per heavy atom. The Morgan fingerprint density at radius 2 is 1.92 bits per heavy atom. The van der Waals surface area contributed by atoms with E-state index in [1.54, 1.807) is 17.5 Å². The number of amides is 1. The van der Waals surface area contributed by atoms with Crippen molar-refractivity contribution in [2.45, 2.75) is 19.4 Å². The van der Waals surface area contributed by atoms with Crippen LogP contribution < -0.4 is 5.32 Å². The zero-order chi connectivity index (χ0) is 17.8. The Balaban J connectivity index is 1.41. The van der Waals surface area contributed by atoms with Crippen LogP contribution in [0.3, 0.4) is 0 Å². The summed E-state index contributed by atoms with van der Waals surface area (Å²) in [5.74, 6) is 0.544. The molecule has 1 aromatic carbocycles. The van der Waals surface area contributed by atoms with Crippen molar-refractivity contribution in [1.82, 2.24) is 19.9 Å². The van der Waals surface area contributed by atoms with Gasteiger partial charge in [0.2, 0.25) is 0 Å². The van der Waals surface area contributed by atoms with Crippen LogP contribution in [0.15, 0.2) is 48.1 Å². The Morgan fingerprint density at radius 3 is 2.73 bits per heavy atom. The van der Waals surface area contributed by atoms with Crippen LogP contribution in [-0.4, -0.2) is 38.8 Å². The largest absolute Gasteiger partial charge is 0.363 e. The van der Waals surface area contributed by atoms with Crippen LogP contribution in [0.2, 0.25) is 0 Å². The van der Waals surface area contributed by atoms with Crippen LogP contribution in [0.1, 0.15) is 29.0 Å². The highest BCUT2D eigenvalue weighted by atomic mass is 32.1. The summed E-state index contributed by atoms with van der Waals surface area (Å²) in [6.07, 6.45) is 5.28. The van der Waals surface area contributed by atoms with Gasteiger partial charge in [-0.05, 0) is 12.8 Å². The van der Waals surface area contributed by atoms with Gasteiger partial charge in [0.15, 0.2) is 0 Å². The van der Waals surface area contributed by atoms with E-state index in [2.05, 4.69) is 32.4 Å². The van der Waals surface area contributed by atoms with Crippen LogP contribution in [0.5, 0.6) is 0 Å². The molecule has 1 aliphatic heterocycles. The summed E-state index contributed by atoms with van der Waals surface area (Å²) < 4.78 is 0. The predicted molar refractivity (Wildman–Crippen MR) is 102 cm³/mol. The van der Waals surface area contributed by atoms with E-state index in [-0.39, 0.29) is 5.91 Å². The Bertz CT molecular complexity index is 890. The Hall–Kier alpha value is -2.80. The van der Waals surface area contributed by atoms with Crippen LogP contribution in [0.25, 0.3) is 10.6 Å². The molecule has 132 valence electrons. The van der Waals surface area contributed by atoms with E-state index in [1.165, 1.54) is 6.20 Å². The summed E-state index contributed by atoms with van der Waals surface area (Å²) in [6.45, 7) is 2.15. The van der Waals surface area contributed by atoms with Crippen LogP contribution >= 0.6 is 11.3 Å². The number of carbonyl (C=O) groups excluding carboxylic acids is 1. The fourth-order valence-electron chi connectivity index (χ4n) is 2.92. The first-order valence-corrected chi connectivity index (χ1v) is 9.52. The number of thiazole rings is 1. The van der Waals surface area contributed by atoms with E-state index < -0.39 is 0 Å². The van der Waals surface area contributed by atoms with E-state index in [4.69, 9.17) is 0 Å². The quantitative estimate of drug-likeness (QED) is 0.750. The minimum Gasteiger partial charge on any atom is -0.363 e. The monoisotopic (exact) mass is 365 g/mol. The van der Waals surface area contributed by atoms with Crippen molar-refractivity contribution in [1.29, 1.82) is 0 Å². The normalized spacial score (nSPS) is 13.8. The molecular weight excluding hydrogens is 346 g/mol. The van der Waals surface area contributed by atoms with Crippen molar-refractivity contribution in [2.75, 3.05) is 18.4 Å². The molecule has 0 atom stereocenters. The number of rotatable bonds is 5. The van der Waals surface area contributed by atoms with Gasteiger partial charge in [0, 0.05) is 24.0 Å². The van der Waals surface area contributed by atoms with Gasteiger partial charge in [-0.2, -0.15) is 0 Å². The number of nitrogens with one attached hydrogen (secondary N) is 1. The molecule has 2 aromatic heterocycles. The molecule has 1 N–H and O–H groups in total. The molecule has 6 nitrogen and oxygen atoms in total. The summed E-state index contributed by atoms with van der Waals surface area (Å²) in [6, 6.07) is 10.1. The second kappa shape index (κ2) is 7.61. The van der Waals surface area contributed by atoms with Gasteiger partial charge < -0.3 is 10.2 Å². The van der Waals surface area contributed by atoms with Gasteiger partial charge in [-0.25, -0.2) is 9.97 Å². The first-order valence-electron chi connectivity index (χ1n) is 8.64. The number of nitrogens with zero attached hydrogens (tertiary/aromatic N) is 4. The Labute approximate surface area is 155 Å². The maximum absolute atomic E-state index is 12.4. The molecule has 1 aliphatic rings. The molecule has 0 bridgehead atoms. The predicted octanol–water partition coefficient (Wildman–Crippen LogP) is 3.45.